The van der Waals surface area contributed by atoms with Crippen LogP contribution >= 0.6 is 0 Å². The van der Waals surface area contributed by atoms with Crippen molar-refractivity contribution in [3.63, 3.8) is 0 Å². The van der Waals surface area contributed by atoms with Crippen molar-refractivity contribution in [2.45, 2.75) is 33.6 Å². The molecule has 0 radical (unpaired) electrons. The number of aliphatic imine (C=N–C) groups is 1. The van der Waals surface area contributed by atoms with Crippen molar-refractivity contribution in [3.05, 3.63) is 34.9 Å². The fraction of sp³-hybridized carbons (Fsp3) is 0.632. The molecule has 0 aliphatic carbocycles. The van der Waals surface area contributed by atoms with Gasteiger partial charge in [-0.25, -0.2) is 0 Å². The molecule has 1 heterocycles. The van der Waals surface area contributed by atoms with Crippen molar-refractivity contribution < 1.29 is 4.74 Å². The summed E-state index contributed by atoms with van der Waals surface area (Å²) in [7, 11) is 2.12. The minimum atomic E-state index is 0.628. The number of guanidine groups is 1. The fourth-order valence-corrected chi connectivity index (χ4v) is 3.08. The molecular formula is C19H31N3O. The second-order valence-electron chi connectivity index (χ2n) is 6.53. The summed E-state index contributed by atoms with van der Waals surface area (Å²) in [6.45, 7) is 10.9. The number of rotatable bonds is 6. The fourth-order valence-electron chi connectivity index (χ4n) is 3.08. The van der Waals surface area contributed by atoms with E-state index in [4.69, 9.17) is 9.73 Å². The van der Waals surface area contributed by atoms with Crippen LogP contribution in [-0.4, -0.2) is 50.8 Å². The molecular weight excluding hydrogens is 286 g/mol. The average Bonchev–Trinajstić information content (AvgIpc) is 3.01. The first-order chi connectivity index (χ1) is 11.1. The first-order valence-corrected chi connectivity index (χ1v) is 8.73. The maximum Gasteiger partial charge on any atom is 0.193 e. The van der Waals surface area contributed by atoms with Gasteiger partial charge in [0.25, 0.3) is 0 Å². The molecule has 23 heavy (non-hydrogen) atoms. The van der Waals surface area contributed by atoms with Crippen molar-refractivity contribution in [3.8, 4) is 0 Å². The van der Waals surface area contributed by atoms with Gasteiger partial charge in [0.05, 0.1) is 6.61 Å². The molecule has 1 aromatic rings. The highest BCUT2D eigenvalue weighted by atomic mass is 16.5. The summed E-state index contributed by atoms with van der Waals surface area (Å²) in [5.41, 5.74) is 4.07. The van der Waals surface area contributed by atoms with E-state index in [0.29, 0.717) is 5.92 Å². The zero-order valence-electron chi connectivity index (χ0n) is 15.1. The Morgan fingerprint density at radius 1 is 1.39 bits per heavy atom. The number of nitrogens with zero attached hydrogens (tertiary/aromatic N) is 2. The van der Waals surface area contributed by atoms with Gasteiger partial charge in [-0.15, -0.1) is 0 Å². The average molecular weight is 317 g/mol. The van der Waals surface area contributed by atoms with Crippen LogP contribution in [0.4, 0.5) is 0 Å². The third-order valence-corrected chi connectivity index (χ3v) is 4.39. The molecule has 1 saturated heterocycles. The highest BCUT2D eigenvalue weighted by molar-refractivity contribution is 5.79. The van der Waals surface area contributed by atoms with Crippen LogP contribution in [0.1, 0.15) is 30.0 Å². The number of hydrogen-bond donors (Lipinski definition) is 1. The lowest BCUT2D eigenvalue weighted by molar-refractivity contribution is 0.181. The molecule has 0 spiro atoms. The highest BCUT2D eigenvalue weighted by Crippen LogP contribution is 2.14. The van der Waals surface area contributed by atoms with Gasteiger partial charge in [0.2, 0.25) is 0 Å². The van der Waals surface area contributed by atoms with E-state index in [0.717, 1.165) is 51.6 Å². The van der Waals surface area contributed by atoms with Gasteiger partial charge < -0.3 is 15.0 Å². The lowest BCUT2D eigenvalue weighted by Crippen LogP contribution is -2.41. The van der Waals surface area contributed by atoms with E-state index in [9.17, 15) is 0 Å². The van der Waals surface area contributed by atoms with Gasteiger partial charge in [0.1, 0.15) is 0 Å². The van der Waals surface area contributed by atoms with Gasteiger partial charge in [-0.2, -0.15) is 0 Å². The van der Waals surface area contributed by atoms with E-state index >= 15 is 0 Å². The topological polar surface area (TPSA) is 36.9 Å². The van der Waals surface area contributed by atoms with Crippen LogP contribution in [0, 0.1) is 19.8 Å². The van der Waals surface area contributed by atoms with Crippen LogP contribution in [0.25, 0.3) is 0 Å². The molecule has 2 rings (SSSR count). The summed E-state index contributed by atoms with van der Waals surface area (Å²) in [4.78, 5) is 7.05. The van der Waals surface area contributed by atoms with Crippen LogP contribution in [0.15, 0.2) is 23.2 Å². The van der Waals surface area contributed by atoms with Crippen molar-refractivity contribution >= 4 is 5.96 Å². The molecule has 128 valence electrons. The Morgan fingerprint density at radius 3 is 2.87 bits per heavy atom. The zero-order valence-corrected chi connectivity index (χ0v) is 15.1. The van der Waals surface area contributed by atoms with Gasteiger partial charge in [-0.1, -0.05) is 23.8 Å². The van der Waals surface area contributed by atoms with E-state index in [1.54, 1.807) is 0 Å². The van der Waals surface area contributed by atoms with Gasteiger partial charge in [0.15, 0.2) is 5.96 Å². The summed E-state index contributed by atoms with van der Waals surface area (Å²) >= 11 is 0. The third-order valence-electron chi connectivity index (χ3n) is 4.39. The van der Waals surface area contributed by atoms with Crippen LogP contribution < -0.4 is 5.32 Å². The second-order valence-corrected chi connectivity index (χ2v) is 6.53. The monoisotopic (exact) mass is 317 g/mol. The summed E-state index contributed by atoms with van der Waals surface area (Å²) < 4.78 is 5.47. The molecule has 1 N–H and O–H groups in total. The Bertz CT molecular complexity index is 521. The van der Waals surface area contributed by atoms with Gasteiger partial charge in [-0.3, -0.25) is 4.99 Å². The minimum Gasteiger partial charge on any atom is -0.381 e. The van der Waals surface area contributed by atoms with Crippen LogP contribution in [0.3, 0.4) is 0 Å². The van der Waals surface area contributed by atoms with Gasteiger partial charge in [-0.05, 0) is 44.7 Å². The van der Waals surface area contributed by atoms with Crippen molar-refractivity contribution in [1.29, 1.82) is 0 Å². The molecule has 4 heteroatoms. The molecule has 0 saturated carbocycles. The smallest absolute Gasteiger partial charge is 0.193 e. The quantitative estimate of drug-likeness (QED) is 0.647. The predicted molar refractivity (Wildman–Crippen MR) is 97.2 cm³/mol. The molecule has 0 bridgehead atoms. The maximum absolute atomic E-state index is 5.47. The van der Waals surface area contributed by atoms with Crippen LogP contribution in [0.5, 0.6) is 0 Å². The van der Waals surface area contributed by atoms with Crippen LogP contribution in [-0.2, 0) is 11.2 Å². The standard InChI is InChI=1S/C19H31N3O/c1-5-20-19(22(4)13-17-9-11-23-14-17)21-10-8-18-7-6-15(2)12-16(18)3/h6-7,12,17H,5,8-11,13-14H2,1-4H3,(H,20,21). The Hall–Kier alpha value is -1.55. The summed E-state index contributed by atoms with van der Waals surface area (Å²) in [6.07, 6.45) is 2.15. The van der Waals surface area contributed by atoms with E-state index < -0.39 is 0 Å². The van der Waals surface area contributed by atoms with E-state index in [1.165, 1.54) is 16.7 Å². The zero-order chi connectivity index (χ0) is 16.7. The summed E-state index contributed by atoms with van der Waals surface area (Å²) in [6, 6.07) is 6.66. The molecule has 1 aliphatic rings. The Morgan fingerprint density at radius 2 is 2.22 bits per heavy atom. The predicted octanol–water partition coefficient (Wildman–Crippen LogP) is 2.78. The van der Waals surface area contributed by atoms with Gasteiger partial charge >= 0.3 is 0 Å². The van der Waals surface area contributed by atoms with Crippen LogP contribution in [0.2, 0.25) is 0 Å². The van der Waals surface area contributed by atoms with Crippen molar-refractivity contribution in [1.82, 2.24) is 10.2 Å². The third kappa shape index (κ3) is 5.54. The Balaban J connectivity index is 1.91. The number of benzene rings is 1. The summed E-state index contributed by atoms with van der Waals surface area (Å²) in [5, 5.41) is 3.40. The second kappa shape index (κ2) is 8.92. The van der Waals surface area contributed by atoms with E-state index in [-0.39, 0.29) is 0 Å². The number of ether oxygens (including phenoxy) is 1. The molecule has 1 unspecified atom stereocenters. The minimum absolute atomic E-state index is 0.628. The number of nitrogens with one attached hydrogen (secondary N) is 1. The molecule has 0 aromatic heterocycles. The normalized spacial score (nSPS) is 18.3. The number of aryl methyl sites for hydroxylation is 2. The first kappa shape index (κ1) is 17.8. The lowest BCUT2D eigenvalue weighted by atomic mass is 10.0. The van der Waals surface area contributed by atoms with Crippen molar-refractivity contribution in [2.24, 2.45) is 10.9 Å². The SMILES string of the molecule is CCNC(=NCCc1ccc(C)cc1C)N(C)CC1CCOC1. The Kier molecular flexibility index (Phi) is 6.90. The lowest BCUT2D eigenvalue weighted by Gasteiger charge is -2.24. The van der Waals surface area contributed by atoms with E-state index in [2.05, 4.69) is 56.2 Å². The Labute approximate surface area is 140 Å². The van der Waals surface area contributed by atoms with Crippen molar-refractivity contribution in [2.75, 3.05) is 39.9 Å². The molecule has 0 amide bonds. The molecule has 1 aliphatic heterocycles. The molecule has 1 atom stereocenters. The highest BCUT2D eigenvalue weighted by Gasteiger charge is 2.18. The van der Waals surface area contributed by atoms with Gasteiger partial charge in [0, 0.05) is 39.2 Å². The van der Waals surface area contributed by atoms with E-state index in [1.807, 2.05) is 0 Å². The maximum atomic E-state index is 5.47. The largest absolute Gasteiger partial charge is 0.381 e. The number of hydrogen-bond acceptors (Lipinski definition) is 2. The molecule has 4 nitrogen and oxygen atoms in total. The molecule has 1 aromatic carbocycles. The molecule has 1 fully saturated rings. The first-order valence-electron chi connectivity index (χ1n) is 8.73. The summed E-state index contributed by atoms with van der Waals surface area (Å²) in [5.74, 6) is 1.63.